The molecule has 3 aromatic rings. The quantitative estimate of drug-likeness (QED) is 0.483. The van der Waals surface area contributed by atoms with Gasteiger partial charge in [0.05, 0.1) is 4.90 Å². The van der Waals surface area contributed by atoms with Gasteiger partial charge in [0.2, 0.25) is 20.0 Å². The molecule has 1 N–H and O–H groups in total. The van der Waals surface area contributed by atoms with Crippen LogP contribution in [0.3, 0.4) is 0 Å². The molecule has 0 radical (unpaired) electrons. The Balaban J connectivity index is 0.000000479. The number of rotatable bonds is 4. The van der Waals surface area contributed by atoms with Crippen molar-refractivity contribution in [2.45, 2.75) is 16.0 Å². The van der Waals surface area contributed by atoms with E-state index < -0.39 is 48.7 Å². The number of aliphatic carboxylic acids is 1. The number of hydrogen-bond acceptors (Lipinski definition) is 5. The molecular weight excluding hydrogens is 549 g/mol. The Bertz CT molecular complexity index is 1510. The average molecular weight is 570 g/mol. The molecule has 2 heterocycles. The lowest BCUT2D eigenvalue weighted by Gasteiger charge is -2.33. The van der Waals surface area contributed by atoms with Crippen molar-refractivity contribution < 1.29 is 48.7 Å². The SMILES string of the molecule is Cn1ccc2cc(S(=O)(=O)N3CCN(S(=O)(=O)c4c(F)cccc4F)CC3)ccc21.O=C(O)C(F)(F)F. The van der Waals surface area contributed by atoms with Crippen LogP contribution >= 0.6 is 0 Å². The van der Waals surface area contributed by atoms with E-state index in [2.05, 4.69) is 0 Å². The Kier molecular flexibility index (Phi) is 7.97. The van der Waals surface area contributed by atoms with Crippen LogP contribution in [0.1, 0.15) is 0 Å². The number of alkyl halides is 3. The number of carbonyl (C=O) groups is 1. The van der Waals surface area contributed by atoms with E-state index in [1.807, 2.05) is 23.9 Å². The highest BCUT2D eigenvalue weighted by Gasteiger charge is 2.38. The molecule has 1 aromatic heterocycles. The van der Waals surface area contributed by atoms with E-state index in [1.165, 1.54) is 10.4 Å². The summed E-state index contributed by atoms with van der Waals surface area (Å²) in [5, 5.41) is 7.90. The Hall–Kier alpha value is -3.08. The largest absolute Gasteiger partial charge is 0.490 e. The Morgan fingerprint density at radius 2 is 1.35 bits per heavy atom. The van der Waals surface area contributed by atoms with E-state index in [0.717, 1.165) is 33.4 Å². The van der Waals surface area contributed by atoms with Crippen LogP contribution in [-0.2, 0) is 31.9 Å². The number of hydrogen-bond donors (Lipinski definition) is 1. The van der Waals surface area contributed by atoms with Gasteiger partial charge in [0.15, 0.2) is 4.90 Å². The number of carboxylic acid groups (broad SMARTS) is 1. The predicted octanol–water partition coefficient (Wildman–Crippen LogP) is 2.79. The van der Waals surface area contributed by atoms with Crippen LogP contribution < -0.4 is 0 Å². The summed E-state index contributed by atoms with van der Waals surface area (Å²) in [7, 11) is -6.41. The van der Waals surface area contributed by atoms with Crippen LogP contribution in [0.15, 0.2) is 58.5 Å². The van der Waals surface area contributed by atoms with Crippen LogP contribution in [0.5, 0.6) is 0 Å². The molecular formula is C21H20F5N3O6S2. The molecule has 202 valence electrons. The summed E-state index contributed by atoms with van der Waals surface area (Å²) in [6.45, 7) is -0.652. The maximum absolute atomic E-state index is 14.0. The lowest BCUT2D eigenvalue weighted by molar-refractivity contribution is -0.192. The summed E-state index contributed by atoms with van der Waals surface area (Å²) < 4.78 is 115. The number of fused-ring (bicyclic) bond motifs is 1. The van der Waals surface area contributed by atoms with Gasteiger partial charge < -0.3 is 9.67 Å². The van der Waals surface area contributed by atoms with Gasteiger partial charge in [-0.15, -0.1) is 0 Å². The number of benzene rings is 2. The molecule has 0 amide bonds. The number of piperazine rings is 1. The first kappa shape index (κ1) is 28.5. The second-order valence-corrected chi connectivity index (χ2v) is 11.6. The van der Waals surface area contributed by atoms with E-state index in [1.54, 1.807) is 12.1 Å². The standard InChI is InChI=1S/C19H19F2N3O4S2.C2HF3O2/c1-22-8-7-14-13-15(5-6-18(14)22)29(25,26)23-9-11-24(12-10-23)30(27,28)19-16(20)3-2-4-17(19)21;3-2(4,5)1(6)7/h2-8,13H,9-12H2,1H3;(H,6,7). The average Bonchev–Trinajstić information content (AvgIpc) is 3.19. The molecule has 0 bridgehead atoms. The lowest BCUT2D eigenvalue weighted by Crippen LogP contribution is -2.50. The Morgan fingerprint density at radius 1 is 0.865 bits per heavy atom. The van der Waals surface area contributed by atoms with Gasteiger partial charge in [0.1, 0.15) is 11.6 Å². The number of sulfonamides is 2. The fraction of sp³-hybridized carbons (Fsp3) is 0.286. The first-order valence-electron chi connectivity index (χ1n) is 10.4. The molecule has 4 rings (SSSR count). The third-order valence-corrected chi connectivity index (χ3v) is 9.30. The summed E-state index contributed by atoms with van der Waals surface area (Å²) >= 11 is 0. The van der Waals surface area contributed by atoms with Crippen molar-refractivity contribution in [1.82, 2.24) is 13.2 Å². The highest BCUT2D eigenvalue weighted by Crippen LogP contribution is 2.26. The summed E-state index contributed by atoms with van der Waals surface area (Å²) in [5.74, 6) is -5.12. The molecule has 0 spiro atoms. The van der Waals surface area contributed by atoms with Crippen LogP contribution in [0.25, 0.3) is 10.9 Å². The van der Waals surface area contributed by atoms with E-state index in [9.17, 15) is 38.8 Å². The number of halogens is 5. The summed E-state index contributed by atoms with van der Waals surface area (Å²) in [5.41, 5.74) is 0.886. The second kappa shape index (κ2) is 10.4. The molecule has 0 unspecified atom stereocenters. The monoisotopic (exact) mass is 569 g/mol. The molecule has 1 fully saturated rings. The van der Waals surface area contributed by atoms with Gasteiger partial charge in [-0.2, -0.15) is 21.8 Å². The molecule has 16 heteroatoms. The molecule has 0 saturated carbocycles. The van der Waals surface area contributed by atoms with Crippen LogP contribution in [0.2, 0.25) is 0 Å². The van der Waals surface area contributed by atoms with Gasteiger partial charge in [0.25, 0.3) is 0 Å². The topological polar surface area (TPSA) is 117 Å². The summed E-state index contributed by atoms with van der Waals surface area (Å²) in [4.78, 5) is 7.99. The fourth-order valence-electron chi connectivity index (χ4n) is 3.58. The van der Waals surface area contributed by atoms with Crippen molar-refractivity contribution in [2.75, 3.05) is 26.2 Å². The third-order valence-electron chi connectivity index (χ3n) is 5.45. The highest BCUT2D eigenvalue weighted by atomic mass is 32.2. The molecule has 0 aliphatic carbocycles. The van der Waals surface area contributed by atoms with Crippen LogP contribution in [-0.4, -0.2) is 73.4 Å². The van der Waals surface area contributed by atoms with Crippen molar-refractivity contribution in [1.29, 1.82) is 0 Å². The lowest BCUT2D eigenvalue weighted by atomic mass is 10.2. The minimum absolute atomic E-state index is 0.109. The van der Waals surface area contributed by atoms with Gasteiger partial charge in [0, 0.05) is 50.3 Å². The van der Waals surface area contributed by atoms with Crippen molar-refractivity contribution in [2.24, 2.45) is 7.05 Å². The van der Waals surface area contributed by atoms with Crippen molar-refractivity contribution in [3.8, 4) is 0 Å². The molecule has 1 saturated heterocycles. The van der Waals surface area contributed by atoms with E-state index in [0.29, 0.717) is 0 Å². The number of nitrogens with zero attached hydrogens (tertiary/aromatic N) is 3. The molecule has 9 nitrogen and oxygen atoms in total. The van der Waals surface area contributed by atoms with Gasteiger partial charge in [-0.3, -0.25) is 0 Å². The number of carboxylic acids is 1. The van der Waals surface area contributed by atoms with E-state index >= 15 is 0 Å². The normalized spacial score (nSPS) is 15.8. The Labute approximate surface area is 208 Å². The minimum atomic E-state index is -5.08. The van der Waals surface area contributed by atoms with Gasteiger partial charge in [-0.05, 0) is 36.4 Å². The zero-order valence-corrected chi connectivity index (χ0v) is 20.6. The zero-order chi connectivity index (χ0) is 27.8. The van der Waals surface area contributed by atoms with Gasteiger partial charge in [-0.25, -0.2) is 30.4 Å². The molecule has 0 atom stereocenters. The molecule has 1 aliphatic rings. The number of aryl methyl sites for hydroxylation is 1. The highest BCUT2D eigenvalue weighted by molar-refractivity contribution is 7.89. The molecule has 37 heavy (non-hydrogen) atoms. The van der Waals surface area contributed by atoms with Crippen molar-refractivity contribution in [3.63, 3.8) is 0 Å². The molecule has 1 aliphatic heterocycles. The van der Waals surface area contributed by atoms with E-state index in [-0.39, 0.29) is 31.1 Å². The van der Waals surface area contributed by atoms with Crippen molar-refractivity contribution in [3.05, 3.63) is 60.3 Å². The van der Waals surface area contributed by atoms with Gasteiger partial charge in [-0.1, -0.05) is 6.07 Å². The minimum Gasteiger partial charge on any atom is -0.475 e. The fourth-order valence-corrected chi connectivity index (χ4v) is 6.57. The smallest absolute Gasteiger partial charge is 0.475 e. The molecule has 2 aromatic carbocycles. The third kappa shape index (κ3) is 5.92. The second-order valence-electron chi connectivity index (χ2n) is 7.81. The Morgan fingerprint density at radius 3 is 1.84 bits per heavy atom. The summed E-state index contributed by atoms with van der Waals surface area (Å²) in [6, 6.07) is 9.42. The predicted molar refractivity (Wildman–Crippen MR) is 120 cm³/mol. The first-order valence-corrected chi connectivity index (χ1v) is 13.2. The van der Waals surface area contributed by atoms with E-state index in [4.69, 9.17) is 9.90 Å². The summed E-state index contributed by atoms with van der Waals surface area (Å²) in [6.07, 6.45) is -3.26. The number of aromatic nitrogens is 1. The van der Waals surface area contributed by atoms with Crippen LogP contribution in [0, 0.1) is 11.6 Å². The van der Waals surface area contributed by atoms with Gasteiger partial charge >= 0.3 is 12.1 Å². The zero-order valence-electron chi connectivity index (χ0n) is 19.0. The first-order chi connectivity index (χ1) is 17.1. The van der Waals surface area contributed by atoms with Crippen molar-refractivity contribution >= 4 is 36.9 Å². The maximum atomic E-state index is 14.0. The van der Waals surface area contributed by atoms with Crippen LogP contribution in [0.4, 0.5) is 22.0 Å². The maximum Gasteiger partial charge on any atom is 0.490 e.